The lowest BCUT2D eigenvalue weighted by Crippen LogP contribution is -2.22. The molecular weight excluding hydrogens is 194 g/mol. The number of nitrogens with zero attached hydrogens (tertiary/aromatic N) is 4. The lowest BCUT2D eigenvalue weighted by atomic mass is 10.4. The number of hydrogen-bond acceptors (Lipinski definition) is 5. The summed E-state index contributed by atoms with van der Waals surface area (Å²) in [5, 5.41) is 7.72. The zero-order valence-corrected chi connectivity index (χ0v) is 8.08. The van der Waals surface area contributed by atoms with E-state index in [4.69, 9.17) is 5.73 Å². The molecule has 0 saturated carbocycles. The zero-order valence-electron chi connectivity index (χ0n) is 8.08. The van der Waals surface area contributed by atoms with Crippen LogP contribution >= 0.6 is 0 Å². The van der Waals surface area contributed by atoms with Crippen LogP contribution in [-0.4, -0.2) is 19.7 Å². The lowest BCUT2D eigenvalue weighted by Gasteiger charge is -2.03. The highest BCUT2D eigenvalue weighted by molar-refractivity contribution is 5.34. The molecule has 0 unspecified atom stereocenters. The molecule has 0 spiro atoms. The molecule has 0 bridgehead atoms. The van der Waals surface area contributed by atoms with E-state index in [1.54, 1.807) is 12.1 Å². The average molecular weight is 203 g/mol. The largest absolute Gasteiger partial charge is 0.393 e. The molecule has 2 heterocycles. The number of anilines is 1. The monoisotopic (exact) mass is 203 g/mol. The molecule has 0 aliphatic carbocycles. The fraction of sp³-hybridized carbons (Fsp3) is 0.111. The van der Waals surface area contributed by atoms with Gasteiger partial charge in [0, 0.05) is 0 Å². The maximum absolute atomic E-state index is 11.6. The Morgan fingerprint density at radius 3 is 2.80 bits per heavy atom. The van der Waals surface area contributed by atoms with E-state index in [2.05, 4.69) is 15.2 Å². The van der Waals surface area contributed by atoms with Crippen LogP contribution in [0.2, 0.25) is 0 Å². The molecule has 0 fully saturated rings. The summed E-state index contributed by atoms with van der Waals surface area (Å²) in [6.45, 7) is 1.82. The minimum atomic E-state index is -0.344. The predicted octanol–water partition coefficient (Wildman–Crippen LogP) is -0.0869. The molecule has 15 heavy (non-hydrogen) atoms. The van der Waals surface area contributed by atoms with Gasteiger partial charge in [0.2, 0.25) is 0 Å². The van der Waals surface area contributed by atoms with E-state index < -0.39 is 0 Å². The number of nitrogen functional groups attached to an aromatic ring is 1. The van der Waals surface area contributed by atoms with Crippen molar-refractivity contribution in [2.24, 2.45) is 0 Å². The van der Waals surface area contributed by atoms with E-state index in [-0.39, 0.29) is 11.2 Å². The number of nitrogens with two attached hydrogens (primary N) is 1. The Bertz CT molecular complexity index is 531. The second kappa shape index (κ2) is 3.49. The SMILES string of the molecule is Cc1ccc(-n2cncc(N)c2=O)nn1. The summed E-state index contributed by atoms with van der Waals surface area (Å²) in [6.07, 6.45) is 2.67. The summed E-state index contributed by atoms with van der Waals surface area (Å²) in [4.78, 5) is 15.4. The van der Waals surface area contributed by atoms with Crippen LogP contribution in [0.25, 0.3) is 5.82 Å². The van der Waals surface area contributed by atoms with Crippen LogP contribution in [0.3, 0.4) is 0 Å². The van der Waals surface area contributed by atoms with Crippen molar-refractivity contribution in [3.8, 4) is 5.82 Å². The van der Waals surface area contributed by atoms with E-state index >= 15 is 0 Å². The van der Waals surface area contributed by atoms with Gasteiger partial charge in [-0.1, -0.05) is 0 Å². The van der Waals surface area contributed by atoms with Crippen molar-refractivity contribution >= 4 is 5.69 Å². The summed E-state index contributed by atoms with van der Waals surface area (Å²) in [5.74, 6) is 0.408. The number of rotatable bonds is 1. The van der Waals surface area contributed by atoms with Gasteiger partial charge in [-0.25, -0.2) is 9.55 Å². The van der Waals surface area contributed by atoms with Gasteiger partial charge in [0.1, 0.15) is 12.0 Å². The van der Waals surface area contributed by atoms with Crippen molar-refractivity contribution in [2.75, 3.05) is 5.73 Å². The molecule has 0 atom stereocenters. The third kappa shape index (κ3) is 1.69. The summed E-state index contributed by atoms with van der Waals surface area (Å²) in [6, 6.07) is 3.45. The molecular formula is C9H9N5O. The molecule has 2 N–H and O–H groups in total. The lowest BCUT2D eigenvalue weighted by molar-refractivity contribution is 0.847. The van der Waals surface area contributed by atoms with Gasteiger partial charge in [-0.15, -0.1) is 5.10 Å². The smallest absolute Gasteiger partial charge is 0.282 e. The predicted molar refractivity (Wildman–Crippen MR) is 54.6 cm³/mol. The van der Waals surface area contributed by atoms with Gasteiger partial charge in [-0.2, -0.15) is 5.10 Å². The minimum Gasteiger partial charge on any atom is -0.393 e. The van der Waals surface area contributed by atoms with Crippen molar-refractivity contribution in [3.63, 3.8) is 0 Å². The van der Waals surface area contributed by atoms with Gasteiger partial charge in [0.25, 0.3) is 5.56 Å². The summed E-state index contributed by atoms with van der Waals surface area (Å²) >= 11 is 0. The molecule has 0 amide bonds. The first-order valence-corrected chi connectivity index (χ1v) is 4.31. The second-order valence-corrected chi connectivity index (χ2v) is 3.06. The first-order chi connectivity index (χ1) is 7.18. The van der Waals surface area contributed by atoms with Gasteiger partial charge >= 0.3 is 0 Å². The van der Waals surface area contributed by atoms with Crippen LogP contribution in [0.4, 0.5) is 5.69 Å². The molecule has 0 aromatic carbocycles. The van der Waals surface area contributed by atoms with E-state index in [0.717, 1.165) is 5.69 Å². The molecule has 6 nitrogen and oxygen atoms in total. The Balaban J connectivity index is 2.59. The molecule has 76 valence electrons. The highest BCUT2D eigenvalue weighted by atomic mass is 16.1. The Kier molecular flexibility index (Phi) is 2.17. The Morgan fingerprint density at radius 1 is 1.33 bits per heavy atom. The van der Waals surface area contributed by atoms with Crippen LogP contribution in [0.15, 0.2) is 29.5 Å². The van der Waals surface area contributed by atoms with Crippen molar-refractivity contribution in [1.82, 2.24) is 19.7 Å². The first kappa shape index (κ1) is 9.32. The van der Waals surface area contributed by atoms with Crippen LogP contribution in [-0.2, 0) is 0 Å². The van der Waals surface area contributed by atoms with Crippen LogP contribution in [0.5, 0.6) is 0 Å². The van der Waals surface area contributed by atoms with Gasteiger partial charge in [0.05, 0.1) is 11.9 Å². The van der Waals surface area contributed by atoms with Gasteiger partial charge in [0.15, 0.2) is 5.82 Å². The molecule has 2 aromatic rings. The quantitative estimate of drug-likeness (QED) is 0.700. The van der Waals surface area contributed by atoms with Crippen LogP contribution in [0, 0.1) is 6.92 Å². The van der Waals surface area contributed by atoms with Crippen molar-refractivity contribution in [1.29, 1.82) is 0 Å². The second-order valence-electron chi connectivity index (χ2n) is 3.06. The summed E-state index contributed by atoms with van der Waals surface area (Å²) in [7, 11) is 0. The topological polar surface area (TPSA) is 86.7 Å². The van der Waals surface area contributed by atoms with E-state index in [9.17, 15) is 4.79 Å². The van der Waals surface area contributed by atoms with Gasteiger partial charge in [-0.3, -0.25) is 4.79 Å². The Labute approximate surface area is 85.4 Å². The van der Waals surface area contributed by atoms with Crippen LogP contribution in [0.1, 0.15) is 5.69 Å². The summed E-state index contributed by atoms with van der Waals surface area (Å²) < 4.78 is 1.25. The molecule has 0 aliphatic heterocycles. The maximum atomic E-state index is 11.6. The Morgan fingerprint density at radius 2 is 2.13 bits per heavy atom. The highest BCUT2D eigenvalue weighted by Crippen LogP contribution is 2.00. The summed E-state index contributed by atoms with van der Waals surface area (Å²) in [5.41, 5.74) is 5.96. The molecule has 0 radical (unpaired) electrons. The normalized spacial score (nSPS) is 10.2. The standard InChI is InChI=1S/C9H9N5O/c1-6-2-3-8(13-12-6)14-5-11-4-7(10)9(14)15/h2-5H,10H2,1H3. The molecule has 6 heteroatoms. The number of hydrogen-bond donors (Lipinski definition) is 1. The molecule has 0 saturated heterocycles. The molecule has 2 rings (SSSR count). The van der Waals surface area contributed by atoms with E-state index in [1.807, 2.05) is 6.92 Å². The van der Waals surface area contributed by atoms with Crippen molar-refractivity contribution < 1.29 is 0 Å². The van der Waals surface area contributed by atoms with E-state index in [0.29, 0.717) is 5.82 Å². The highest BCUT2D eigenvalue weighted by Gasteiger charge is 2.03. The zero-order chi connectivity index (χ0) is 10.8. The molecule has 2 aromatic heterocycles. The first-order valence-electron chi connectivity index (χ1n) is 4.31. The average Bonchev–Trinajstić information content (AvgIpc) is 2.24. The number of aryl methyl sites for hydroxylation is 1. The van der Waals surface area contributed by atoms with Gasteiger partial charge < -0.3 is 5.73 Å². The van der Waals surface area contributed by atoms with Crippen LogP contribution < -0.4 is 11.3 Å². The fourth-order valence-electron chi connectivity index (χ4n) is 1.11. The maximum Gasteiger partial charge on any atom is 0.282 e. The minimum absolute atomic E-state index is 0.0832. The third-order valence-corrected chi connectivity index (χ3v) is 1.89. The molecule has 0 aliphatic rings. The van der Waals surface area contributed by atoms with Gasteiger partial charge in [-0.05, 0) is 19.1 Å². The van der Waals surface area contributed by atoms with Crippen molar-refractivity contribution in [3.05, 3.63) is 40.7 Å². The Hall–Kier alpha value is -2.24. The van der Waals surface area contributed by atoms with Crippen molar-refractivity contribution in [2.45, 2.75) is 6.92 Å². The number of aromatic nitrogens is 4. The third-order valence-electron chi connectivity index (χ3n) is 1.89. The fourth-order valence-corrected chi connectivity index (χ4v) is 1.11. The van der Waals surface area contributed by atoms with E-state index in [1.165, 1.54) is 17.1 Å².